The van der Waals surface area contributed by atoms with Gasteiger partial charge in [0.1, 0.15) is 0 Å². The molecule has 0 fully saturated rings. The summed E-state index contributed by atoms with van der Waals surface area (Å²) in [5, 5.41) is 0. The number of hydrogen-bond donors (Lipinski definition) is 0. The molecule has 0 spiro atoms. The molecule has 0 atom stereocenters. The highest BCUT2D eigenvalue weighted by atomic mass is 19.4. The van der Waals surface area contributed by atoms with Crippen LogP contribution in [0.3, 0.4) is 0 Å². The van der Waals surface area contributed by atoms with Crippen molar-refractivity contribution in [3.8, 4) is 5.69 Å². The zero-order valence-electron chi connectivity index (χ0n) is 12.8. The van der Waals surface area contributed by atoms with Gasteiger partial charge in [-0.25, -0.2) is 0 Å². The van der Waals surface area contributed by atoms with Crippen LogP contribution < -0.4 is 0 Å². The summed E-state index contributed by atoms with van der Waals surface area (Å²) in [5.74, 6) is 0. The number of benzene rings is 1. The molecule has 0 unspecified atom stereocenters. The molecule has 0 aliphatic heterocycles. The van der Waals surface area contributed by atoms with Crippen LogP contribution in [0.15, 0.2) is 67.9 Å². The third kappa shape index (κ3) is 4.13. The van der Waals surface area contributed by atoms with Crippen LogP contribution in [-0.2, 0) is 12.7 Å². The summed E-state index contributed by atoms with van der Waals surface area (Å²) in [6, 6.07) is 9.17. The summed E-state index contributed by atoms with van der Waals surface area (Å²) in [6.07, 6.45) is 0.793. The quantitative estimate of drug-likeness (QED) is 0.673. The van der Waals surface area contributed by atoms with Gasteiger partial charge in [-0.3, -0.25) is 4.90 Å². The van der Waals surface area contributed by atoms with E-state index >= 15 is 0 Å². The first-order valence-corrected chi connectivity index (χ1v) is 7.24. The van der Waals surface area contributed by atoms with Crippen molar-refractivity contribution in [1.29, 1.82) is 0 Å². The Morgan fingerprint density at radius 3 is 2.26 bits per heavy atom. The van der Waals surface area contributed by atoms with E-state index in [1.807, 2.05) is 11.0 Å². The molecule has 23 heavy (non-hydrogen) atoms. The topological polar surface area (TPSA) is 8.17 Å². The van der Waals surface area contributed by atoms with Gasteiger partial charge in [-0.2, -0.15) is 13.2 Å². The molecule has 0 saturated carbocycles. The molecule has 1 aromatic heterocycles. The lowest BCUT2D eigenvalue weighted by Gasteiger charge is -2.21. The third-order valence-electron chi connectivity index (χ3n) is 3.46. The van der Waals surface area contributed by atoms with E-state index in [0.717, 1.165) is 11.8 Å². The van der Waals surface area contributed by atoms with E-state index in [1.54, 1.807) is 35.0 Å². The normalized spacial score (nSPS) is 11.7. The van der Waals surface area contributed by atoms with Crippen molar-refractivity contribution in [3.63, 3.8) is 0 Å². The second-order valence-electron chi connectivity index (χ2n) is 5.16. The van der Waals surface area contributed by atoms with Crippen molar-refractivity contribution < 1.29 is 13.2 Å². The van der Waals surface area contributed by atoms with Crippen LogP contribution >= 0.6 is 0 Å². The average Bonchev–Trinajstić information content (AvgIpc) is 2.95. The molecule has 1 aromatic carbocycles. The molecule has 122 valence electrons. The minimum atomic E-state index is -4.39. The van der Waals surface area contributed by atoms with E-state index in [9.17, 15) is 13.2 Å². The number of para-hydroxylation sites is 1. The first-order chi connectivity index (χ1) is 11.0. The third-order valence-corrected chi connectivity index (χ3v) is 3.46. The van der Waals surface area contributed by atoms with Gasteiger partial charge in [0, 0.05) is 31.5 Å². The highest BCUT2D eigenvalue weighted by Gasteiger charge is 2.33. The zero-order valence-corrected chi connectivity index (χ0v) is 12.8. The fourth-order valence-electron chi connectivity index (χ4n) is 2.50. The van der Waals surface area contributed by atoms with Crippen molar-refractivity contribution in [2.24, 2.45) is 0 Å². The Balaban J connectivity index is 2.38. The van der Waals surface area contributed by atoms with Gasteiger partial charge in [0.25, 0.3) is 0 Å². The summed E-state index contributed by atoms with van der Waals surface area (Å²) in [7, 11) is 0. The molecule has 0 bridgehead atoms. The Morgan fingerprint density at radius 2 is 1.65 bits per heavy atom. The Kier molecular flexibility index (Phi) is 5.45. The zero-order chi connectivity index (χ0) is 16.9. The molecule has 2 aromatic rings. The van der Waals surface area contributed by atoms with Gasteiger partial charge in [-0.1, -0.05) is 24.3 Å². The lowest BCUT2D eigenvalue weighted by Crippen LogP contribution is -2.24. The van der Waals surface area contributed by atoms with Gasteiger partial charge in [0.15, 0.2) is 0 Å². The van der Waals surface area contributed by atoms with Crippen LogP contribution in [0.25, 0.3) is 5.69 Å². The van der Waals surface area contributed by atoms with Gasteiger partial charge in [0.05, 0.1) is 11.3 Å². The Hall–Kier alpha value is -2.27. The molecule has 0 saturated heterocycles. The van der Waals surface area contributed by atoms with Gasteiger partial charge in [-0.15, -0.1) is 13.2 Å². The van der Waals surface area contributed by atoms with E-state index in [1.165, 1.54) is 12.1 Å². The van der Waals surface area contributed by atoms with Crippen molar-refractivity contribution in [1.82, 2.24) is 9.47 Å². The predicted molar refractivity (Wildman–Crippen MR) is 86.4 cm³/mol. The summed E-state index contributed by atoms with van der Waals surface area (Å²) in [4.78, 5) is 2.04. The highest BCUT2D eigenvalue weighted by Crippen LogP contribution is 2.34. The van der Waals surface area contributed by atoms with Crippen molar-refractivity contribution in [2.75, 3.05) is 13.1 Å². The second kappa shape index (κ2) is 7.33. The van der Waals surface area contributed by atoms with Gasteiger partial charge in [-0.05, 0) is 24.3 Å². The molecule has 5 heteroatoms. The van der Waals surface area contributed by atoms with Crippen LogP contribution in [0.4, 0.5) is 13.2 Å². The summed E-state index contributed by atoms with van der Waals surface area (Å²) >= 11 is 0. The van der Waals surface area contributed by atoms with Crippen molar-refractivity contribution in [3.05, 3.63) is 79.2 Å². The lowest BCUT2D eigenvalue weighted by atomic mass is 10.1. The molecule has 0 amide bonds. The largest absolute Gasteiger partial charge is 0.418 e. The fourth-order valence-corrected chi connectivity index (χ4v) is 2.50. The lowest BCUT2D eigenvalue weighted by molar-refractivity contribution is -0.137. The SMILES string of the molecule is C=CCN(CC=C)Cc1cccn1-c1ccccc1C(F)(F)F. The van der Waals surface area contributed by atoms with Crippen LogP contribution in [0.5, 0.6) is 0 Å². The molecule has 0 N–H and O–H groups in total. The second-order valence-corrected chi connectivity index (χ2v) is 5.16. The summed E-state index contributed by atoms with van der Waals surface area (Å²) < 4.78 is 41.3. The minimum absolute atomic E-state index is 0.136. The van der Waals surface area contributed by atoms with Crippen molar-refractivity contribution in [2.45, 2.75) is 12.7 Å². The van der Waals surface area contributed by atoms with Gasteiger partial charge < -0.3 is 4.57 Å². The van der Waals surface area contributed by atoms with Gasteiger partial charge >= 0.3 is 6.18 Å². The highest BCUT2D eigenvalue weighted by molar-refractivity contribution is 5.44. The number of aromatic nitrogens is 1. The minimum Gasteiger partial charge on any atom is -0.319 e. The monoisotopic (exact) mass is 320 g/mol. The van der Waals surface area contributed by atoms with Gasteiger partial charge in [0.2, 0.25) is 0 Å². The van der Waals surface area contributed by atoms with Crippen LogP contribution in [0.2, 0.25) is 0 Å². The maximum atomic E-state index is 13.2. The van der Waals surface area contributed by atoms with E-state index < -0.39 is 11.7 Å². The van der Waals surface area contributed by atoms with E-state index in [0.29, 0.717) is 19.6 Å². The van der Waals surface area contributed by atoms with Crippen LogP contribution in [0.1, 0.15) is 11.3 Å². The summed E-state index contributed by atoms with van der Waals surface area (Å²) in [6.45, 7) is 9.20. The molecule has 1 heterocycles. The molecular formula is C18H19F3N2. The Labute approximate surface area is 134 Å². The molecule has 0 aliphatic rings. The number of halogens is 3. The fraction of sp³-hybridized carbons (Fsp3) is 0.222. The maximum absolute atomic E-state index is 13.2. The van der Waals surface area contributed by atoms with Crippen molar-refractivity contribution >= 4 is 0 Å². The number of alkyl halides is 3. The molecule has 0 aliphatic carbocycles. The first-order valence-electron chi connectivity index (χ1n) is 7.24. The number of rotatable bonds is 7. The molecule has 2 rings (SSSR count). The summed E-state index contributed by atoms with van der Waals surface area (Å²) in [5.41, 5.74) is 0.277. The average molecular weight is 320 g/mol. The van der Waals surface area contributed by atoms with E-state index in [-0.39, 0.29) is 5.69 Å². The Bertz CT molecular complexity index is 661. The maximum Gasteiger partial charge on any atom is 0.418 e. The number of nitrogens with zero attached hydrogens (tertiary/aromatic N) is 2. The Morgan fingerprint density at radius 1 is 1.00 bits per heavy atom. The first kappa shape index (κ1) is 17.1. The molecule has 2 nitrogen and oxygen atoms in total. The molecular weight excluding hydrogens is 301 g/mol. The smallest absolute Gasteiger partial charge is 0.319 e. The van der Waals surface area contributed by atoms with E-state index in [2.05, 4.69) is 13.2 Å². The van der Waals surface area contributed by atoms with Crippen LogP contribution in [-0.4, -0.2) is 22.6 Å². The van der Waals surface area contributed by atoms with E-state index in [4.69, 9.17) is 0 Å². The number of hydrogen-bond acceptors (Lipinski definition) is 1. The molecule has 0 radical (unpaired) electrons. The predicted octanol–water partition coefficient (Wildman–Crippen LogP) is 4.67. The van der Waals surface area contributed by atoms with Crippen LogP contribution in [0, 0.1) is 0 Å². The standard InChI is InChI=1S/C18H19F3N2/c1-3-11-22(12-4-2)14-15-8-7-13-23(15)17-10-6-5-9-16(17)18(19,20)21/h3-10,13H,1-2,11-12,14H2.